The number of aromatic nitrogens is 12. The lowest BCUT2D eigenvalue weighted by atomic mass is 10.1. The second-order valence-electron chi connectivity index (χ2n) is 34.4. The van der Waals surface area contributed by atoms with Gasteiger partial charge in [0, 0.05) is 227 Å². The van der Waals surface area contributed by atoms with Crippen molar-refractivity contribution < 1.29 is 38.1 Å². The molecule has 4 saturated heterocycles. The quantitative estimate of drug-likeness (QED) is 0.0165. The average molecular weight is 1750 g/mol. The predicted octanol–water partition coefficient (Wildman–Crippen LogP) is 12.6. The Hall–Kier alpha value is -10.8. The van der Waals surface area contributed by atoms with Gasteiger partial charge in [-0.05, 0) is 126 Å². The molecule has 0 radical (unpaired) electrons. The lowest BCUT2D eigenvalue weighted by molar-refractivity contribution is -0.119. The van der Waals surface area contributed by atoms with Crippen LogP contribution in [-0.4, -0.2) is 286 Å². The molecule has 0 bridgehead atoms. The summed E-state index contributed by atoms with van der Waals surface area (Å²) in [5.41, 5.74) is 40.2. The number of unbranched alkanes of at least 4 members (excludes halogenated alkanes) is 4. The number of pyridine rings is 4. The van der Waals surface area contributed by atoms with Gasteiger partial charge in [-0.15, -0.1) is 0 Å². The van der Waals surface area contributed by atoms with Gasteiger partial charge in [0.2, 0.25) is 0 Å². The second-order valence-corrected chi connectivity index (χ2v) is 34.4. The van der Waals surface area contributed by atoms with Crippen molar-refractivity contribution in [2.24, 2.45) is 0 Å². The number of ketones is 4. The van der Waals surface area contributed by atoms with Gasteiger partial charge in [0.15, 0.2) is 0 Å². The zero-order chi connectivity index (χ0) is 90.0. The lowest BCUT2D eigenvalue weighted by Crippen LogP contribution is -2.47. The first-order valence-corrected chi connectivity index (χ1v) is 46.7. The molecule has 0 aliphatic carbocycles. The van der Waals surface area contributed by atoms with Crippen molar-refractivity contribution in [1.82, 2.24) is 79.4 Å². The first-order valence-electron chi connectivity index (χ1n) is 46.7. The van der Waals surface area contributed by atoms with Crippen LogP contribution in [0.25, 0.3) is 87.7 Å². The number of fused-ring (bicyclic) bond motifs is 12. The van der Waals surface area contributed by atoms with E-state index in [4.69, 9.17) is 61.8 Å². The summed E-state index contributed by atoms with van der Waals surface area (Å²) in [6.07, 6.45) is 14.6. The Morgan fingerprint density at radius 3 is 0.688 bits per heavy atom. The maximum absolute atomic E-state index is 11.0. The van der Waals surface area contributed by atoms with Gasteiger partial charge >= 0.3 is 0 Å². The molecule has 16 rings (SSSR count). The topological polar surface area (TPSA) is 401 Å². The molecule has 8 aromatic heterocycles. The number of H-pyrrole nitrogens is 4. The Labute approximate surface area is 751 Å². The molecule has 0 spiro atoms. The SMILES string of the molecule is CCCCc1nc2c([nH]1)c(N)nc1ccc(N3CCN(CCOCCC(C)=O)CC3)cc12.CCCCc1nc2c([nH]1)c(N)nc1ccc(N3CCN(CCOCCC(C)=O)CC3)cc12.CCCCc1nc2c([nH]1)c(N)nc1ccc(N3CCN(CCOCCC(C)=O)CC3)cc12.CCCCc1nc2c([nH]1)c(N)nc1ccc(N3CCN(CCOCCC(C)=O)CC3)cc12. The molecule has 32 nitrogen and oxygen atoms in total. The lowest BCUT2D eigenvalue weighted by Gasteiger charge is -2.36. The summed E-state index contributed by atoms with van der Waals surface area (Å²) in [5.74, 6) is 6.66. The largest absolute Gasteiger partial charge is 0.382 e. The minimum atomic E-state index is 0.177. The standard InChI is InChI=1S/4C24H34N6O2/c4*1-3-4-5-21-27-22-19-16-18(6-7-20(19)26-24(25)23(22)28-21)30-11-9-29(10-12-30)13-15-32-14-8-17(2)31/h4*6-7,16H,3-5,8-15H2,1-2H3,(H2,25,26)(H,27,28). The number of aromatic amines is 4. The molecule has 0 amide bonds. The fourth-order valence-corrected chi connectivity index (χ4v) is 16.8. The molecule has 32 heteroatoms. The number of nitrogen functional groups attached to an aromatic ring is 4. The third-order valence-corrected chi connectivity index (χ3v) is 24.6. The molecule has 12 aromatic rings. The molecule has 4 aliphatic heterocycles. The van der Waals surface area contributed by atoms with Crippen molar-refractivity contribution in [3.63, 3.8) is 0 Å². The van der Waals surface area contributed by atoms with Gasteiger partial charge in [0.05, 0.1) is 74.9 Å². The molecular weight excluding hydrogens is 1620 g/mol. The second kappa shape index (κ2) is 46.9. The van der Waals surface area contributed by atoms with Crippen LogP contribution in [-0.2, 0) is 63.8 Å². The van der Waals surface area contributed by atoms with Gasteiger partial charge < -0.3 is 81.4 Å². The first-order chi connectivity index (χ1) is 62.2. The van der Waals surface area contributed by atoms with Gasteiger partial charge in [-0.25, -0.2) is 39.9 Å². The highest BCUT2D eigenvalue weighted by atomic mass is 16.5. The number of carbonyl (C=O) groups excluding carboxylic acids is 4. The van der Waals surface area contributed by atoms with Crippen LogP contribution < -0.4 is 42.5 Å². The number of hydrogen-bond acceptors (Lipinski definition) is 28. The van der Waals surface area contributed by atoms with E-state index >= 15 is 0 Å². The zero-order valence-electron chi connectivity index (χ0n) is 76.8. The first kappa shape index (κ1) is 94.8. The van der Waals surface area contributed by atoms with E-state index in [1.807, 2.05) is 0 Å². The van der Waals surface area contributed by atoms with Crippen molar-refractivity contribution >= 4 is 157 Å². The van der Waals surface area contributed by atoms with E-state index in [-0.39, 0.29) is 23.1 Å². The van der Waals surface area contributed by atoms with Gasteiger partial charge in [-0.3, -0.25) is 38.8 Å². The van der Waals surface area contributed by atoms with Crippen molar-refractivity contribution in [2.45, 2.75) is 158 Å². The zero-order valence-corrected chi connectivity index (χ0v) is 76.8. The highest BCUT2D eigenvalue weighted by Gasteiger charge is 2.26. The van der Waals surface area contributed by atoms with Crippen LogP contribution >= 0.6 is 0 Å². The molecule has 0 unspecified atom stereocenters. The molecule has 128 heavy (non-hydrogen) atoms. The number of nitrogens with one attached hydrogen (secondary N) is 4. The number of piperazine rings is 4. The monoisotopic (exact) mass is 1750 g/mol. The summed E-state index contributed by atoms with van der Waals surface area (Å²) in [7, 11) is 0. The highest BCUT2D eigenvalue weighted by Crippen LogP contribution is 2.36. The molecular formula is C96H136N24O8. The maximum atomic E-state index is 11.0. The van der Waals surface area contributed by atoms with Crippen molar-refractivity contribution in [2.75, 3.05) is 226 Å². The fourth-order valence-electron chi connectivity index (χ4n) is 16.8. The molecule has 4 aromatic carbocycles. The number of hydrogen-bond donors (Lipinski definition) is 8. The van der Waals surface area contributed by atoms with E-state index in [1.165, 1.54) is 22.7 Å². The average Bonchev–Trinajstić information content (AvgIpc) is 1.24. The highest BCUT2D eigenvalue weighted by molar-refractivity contribution is 6.10. The van der Waals surface area contributed by atoms with Crippen molar-refractivity contribution in [3.8, 4) is 0 Å². The number of nitrogens with two attached hydrogens (primary N) is 4. The summed E-state index contributed by atoms with van der Waals surface area (Å²) >= 11 is 0. The van der Waals surface area contributed by atoms with Crippen molar-refractivity contribution in [1.29, 1.82) is 0 Å². The fraction of sp³-hybridized carbons (Fsp3) is 0.542. The Morgan fingerprint density at radius 1 is 0.297 bits per heavy atom. The number of anilines is 8. The normalized spacial score (nSPS) is 15.1. The minimum absolute atomic E-state index is 0.177. The summed E-state index contributed by atoms with van der Waals surface area (Å²) in [5, 5.41) is 4.19. The third kappa shape index (κ3) is 25.8. The Morgan fingerprint density at radius 2 is 0.500 bits per heavy atom. The van der Waals surface area contributed by atoms with Gasteiger partial charge in [0.25, 0.3) is 0 Å². The molecule has 12 heterocycles. The van der Waals surface area contributed by atoms with E-state index in [9.17, 15) is 19.2 Å². The number of imidazole rings is 4. The molecule has 12 N–H and O–H groups in total. The van der Waals surface area contributed by atoms with Gasteiger partial charge in [-0.1, -0.05) is 53.4 Å². The van der Waals surface area contributed by atoms with Crippen LogP contribution in [0.15, 0.2) is 72.8 Å². The molecule has 688 valence electrons. The Balaban J connectivity index is 0.000000146. The minimum Gasteiger partial charge on any atom is -0.382 e. The van der Waals surface area contributed by atoms with Crippen LogP contribution in [0.4, 0.5) is 46.0 Å². The van der Waals surface area contributed by atoms with Crippen molar-refractivity contribution in [3.05, 3.63) is 96.1 Å². The number of Topliss-reactive ketones (excluding diaryl/α,β-unsaturated/α-hetero) is 4. The number of aryl methyl sites for hydroxylation is 4. The van der Waals surface area contributed by atoms with E-state index in [1.54, 1.807) is 27.7 Å². The maximum Gasteiger partial charge on any atom is 0.150 e. The number of rotatable bonds is 40. The summed E-state index contributed by atoms with van der Waals surface area (Å²) in [6, 6.07) is 25.5. The van der Waals surface area contributed by atoms with E-state index in [0.29, 0.717) is 102 Å². The molecule has 4 aliphatic rings. The summed E-state index contributed by atoms with van der Waals surface area (Å²) in [4.78, 5) is 115. The number of nitrogens with zero attached hydrogens (tertiary/aromatic N) is 16. The smallest absolute Gasteiger partial charge is 0.150 e. The predicted molar refractivity (Wildman–Crippen MR) is 517 cm³/mol. The van der Waals surface area contributed by atoms with Crippen LogP contribution in [0.3, 0.4) is 0 Å². The third-order valence-electron chi connectivity index (χ3n) is 24.6. The van der Waals surface area contributed by atoms with Crippen LogP contribution in [0.2, 0.25) is 0 Å². The summed E-state index contributed by atoms with van der Waals surface area (Å²) < 4.78 is 22.3. The van der Waals surface area contributed by atoms with Crippen LogP contribution in [0.1, 0.15) is 156 Å². The van der Waals surface area contributed by atoms with E-state index in [2.05, 4.69) is 180 Å². The van der Waals surface area contributed by atoms with E-state index in [0.717, 1.165) is 319 Å². The Bertz CT molecular complexity index is 4970. The molecule has 0 atom stereocenters. The van der Waals surface area contributed by atoms with E-state index < -0.39 is 0 Å². The summed E-state index contributed by atoms with van der Waals surface area (Å²) in [6.45, 7) is 39.2. The molecule has 4 fully saturated rings. The Kier molecular flexibility index (Phi) is 34.8. The van der Waals surface area contributed by atoms with Gasteiger partial charge in [-0.2, -0.15) is 0 Å². The number of carbonyl (C=O) groups is 4. The number of benzene rings is 4. The van der Waals surface area contributed by atoms with Crippen LogP contribution in [0, 0.1) is 0 Å². The number of ether oxygens (including phenoxy) is 4. The van der Waals surface area contributed by atoms with Gasteiger partial charge in [0.1, 0.15) is 114 Å². The molecule has 0 saturated carbocycles. The van der Waals surface area contributed by atoms with Crippen LogP contribution in [0.5, 0.6) is 0 Å².